The highest BCUT2D eigenvalue weighted by molar-refractivity contribution is 7.17. The fourth-order valence-electron chi connectivity index (χ4n) is 5.87. The summed E-state index contributed by atoms with van der Waals surface area (Å²) in [7, 11) is 0. The summed E-state index contributed by atoms with van der Waals surface area (Å²) in [5, 5.41) is 5.11. The number of nitrogens with zero attached hydrogens (tertiary/aromatic N) is 2. The summed E-state index contributed by atoms with van der Waals surface area (Å²) in [5.41, 5.74) is 9.07. The molecule has 2 aromatic heterocycles. The van der Waals surface area contributed by atoms with Crippen LogP contribution < -0.4 is 16.0 Å². The van der Waals surface area contributed by atoms with Crippen LogP contribution >= 0.6 is 11.3 Å². The second-order valence-electron chi connectivity index (χ2n) is 11.1. The van der Waals surface area contributed by atoms with Crippen LogP contribution in [0, 0.1) is 18.8 Å². The number of nitrogens with two attached hydrogens (primary N) is 1. The maximum absolute atomic E-state index is 13.6. The van der Waals surface area contributed by atoms with Crippen LogP contribution in [-0.4, -0.2) is 41.8 Å². The molecule has 1 aliphatic rings. The number of amides is 2. The van der Waals surface area contributed by atoms with Crippen molar-refractivity contribution in [1.29, 1.82) is 0 Å². The van der Waals surface area contributed by atoms with E-state index in [1.165, 1.54) is 0 Å². The molecule has 1 saturated carbocycles. The first-order valence-electron chi connectivity index (χ1n) is 14.9. The molecule has 1 fully saturated rings. The fourth-order valence-corrected chi connectivity index (χ4v) is 6.69. The van der Waals surface area contributed by atoms with Crippen LogP contribution in [0.5, 0.6) is 0 Å². The second kappa shape index (κ2) is 14.6. The SMILES string of the molecule is CCN(C(=O)Cn1c(C(=O)CC2CCC(C(=O)NCCCCCCN)CC2)cc2sccc21)c1cccc(C)c1. The number of rotatable bonds is 14. The van der Waals surface area contributed by atoms with E-state index in [4.69, 9.17) is 5.73 Å². The maximum atomic E-state index is 13.6. The molecule has 7 nitrogen and oxygen atoms in total. The van der Waals surface area contributed by atoms with Crippen molar-refractivity contribution in [3.63, 3.8) is 0 Å². The van der Waals surface area contributed by atoms with Crippen molar-refractivity contribution in [2.45, 2.75) is 78.2 Å². The number of carbonyl (C=O) groups is 3. The van der Waals surface area contributed by atoms with E-state index in [1.807, 2.05) is 60.2 Å². The Kier molecular flexibility index (Phi) is 10.9. The lowest BCUT2D eigenvalue weighted by Crippen LogP contribution is -2.35. The lowest BCUT2D eigenvalue weighted by atomic mass is 9.79. The first-order valence-corrected chi connectivity index (χ1v) is 15.7. The van der Waals surface area contributed by atoms with Gasteiger partial charge in [0.25, 0.3) is 0 Å². The largest absolute Gasteiger partial charge is 0.356 e. The van der Waals surface area contributed by atoms with Crippen molar-refractivity contribution in [1.82, 2.24) is 9.88 Å². The number of likely N-dealkylation sites (N-methyl/N-ethyl adjacent to an activating group) is 1. The molecule has 2 amide bonds. The van der Waals surface area contributed by atoms with Gasteiger partial charge in [-0.1, -0.05) is 25.0 Å². The van der Waals surface area contributed by atoms with Gasteiger partial charge in [-0.15, -0.1) is 11.3 Å². The molecule has 216 valence electrons. The summed E-state index contributed by atoms with van der Waals surface area (Å²) in [6.07, 6.45) is 8.12. The third kappa shape index (κ3) is 7.61. The number of hydrogen-bond donors (Lipinski definition) is 2. The number of anilines is 1. The van der Waals surface area contributed by atoms with E-state index >= 15 is 0 Å². The van der Waals surface area contributed by atoms with E-state index in [9.17, 15) is 14.4 Å². The van der Waals surface area contributed by atoms with Gasteiger partial charge in [-0.25, -0.2) is 0 Å². The molecule has 0 atom stereocenters. The number of nitrogens with one attached hydrogen (secondary N) is 1. The average molecular weight is 565 g/mol. The molecular weight excluding hydrogens is 520 g/mol. The number of unbranched alkanes of at least 4 members (excludes halogenated alkanes) is 3. The highest BCUT2D eigenvalue weighted by Crippen LogP contribution is 2.33. The molecule has 40 heavy (non-hydrogen) atoms. The van der Waals surface area contributed by atoms with Gasteiger partial charge >= 0.3 is 0 Å². The zero-order valence-corrected chi connectivity index (χ0v) is 24.8. The van der Waals surface area contributed by atoms with Gasteiger partial charge in [0, 0.05) is 31.1 Å². The Hall–Kier alpha value is -2.97. The molecular formula is C32H44N4O3S. The summed E-state index contributed by atoms with van der Waals surface area (Å²) >= 11 is 1.59. The summed E-state index contributed by atoms with van der Waals surface area (Å²) in [6.45, 7) is 6.14. The molecule has 3 aromatic rings. The minimum atomic E-state index is -0.0308. The Morgan fingerprint density at radius 2 is 1.82 bits per heavy atom. The van der Waals surface area contributed by atoms with Crippen molar-refractivity contribution >= 4 is 44.8 Å². The van der Waals surface area contributed by atoms with Gasteiger partial charge in [0.2, 0.25) is 11.8 Å². The van der Waals surface area contributed by atoms with Crippen LogP contribution in [0.15, 0.2) is 41.8 Å². The van der Waals surface area contributed by atoms with Crippen LogP contribution in [0.25, 0.3) is 10.2 Å². The number of benzene rings is 1. The van der Waals surface area contributed by atoms with E-state index in [0.717, 1.165) is 85.9 Å². The lowest BCUT2D eigenvalue weighted by molar-refractivity contribution is -0.126. The molecule has 8 heteroatoms. The van der Waals surface area contributed by atoms with Gasteiger partial charge in [-0.2, -0.15) is 0 Å². The summed E-state index contributed by atoms with van der Waals surface area (Å²) in [6, 6.07) is 11.9. The van der Waals surface area contributed by atoms with Crippen molar-refractivity contribution in [3.8, 4) is 0 Å². The van der Waals surface area contributed by atoms with E-state index in [1.54, 1.807) is 16.2 Å². The van der Waals surface area contributed by atoms with Gasteiger partial charge in [-0.3, -0.25) is 14.4 Å². The highest BCUT2D eigenvalue weighted by Gasteiger charge is 2.29. The first-order chi connectivity index (χ1) is 19.4. The molecule has 2 heterocycles. The second-order valence-corrected chi connectivity index (χ2v) is 12.0. The third-order valence-electron chi connectivity index (χ3n) is 8.15. The van der Waals surface area contributed by atoms with Crippen LogP contribution in [-0.2, 0) is 16.1 Å². The van der Waals surface area contributed by atoms with E-state index in [2.05, 4.69) is 5.32 Å². The Labute approximate surface area is 242 Å². The number of Topliss-reactive ketones (excluding diaryl/α,β-unsaturated/α-hetero) is 1. The normalized spacial score (nSPS) is 17.2. The molecule has 0 aliphatic heterocycles. The predicted molar refractivity (Wildman–Crippen MR) is 164 cm³/mol. The molecule has 0 bridgehead atoms. The van der Waals surface area contributed by atoms with Crippen LogP contribution in [0.4, 0.5) is 5.69 Å². The first kappa shape index (κ1) is 30.0. The zero-order valence-electron chi connectivity index (χ0n) is 24.0. The fraction of sp³-hybridized carbons (Fsp3) is 0.531. The Morgan fingerprint density at radius 3 is 2.55 bits per heavy atom. The van der Waals surface area contributed by atoms with Crippen molar-refractivity contribution in [2.75, 3.05) is 24.5 Å². The van der Waals surface area contributed by atoms with E-state index in [0.29, 0.717) is 18.7 Å². The van der Waals surface area contributed by atoms with Crippen LogP contribution in [0.1, 0.15) is 80.8 Å². The number of aromatic nitrogens is 1. The van der Waals surface area contributed by atoms with E-state index < -0.39 is 0 Å². The number of hydrogen-bond acceptors (Lipinski definition) is 5. The predicted octanol–water partition coefficient (Wildman–Crippen LogP) is 6.08. The van der Waals surface area contributed by atoms with Gasteiger partial charge in [0.15, 0.2) is 5.78 Å². The smallest absolute Gasteiger partial charge is 0.246 e. The zero-order chi connectivity index (χ0) is 28.5. The molecule has 0 radical (unpaired) electrons. The van der Waals surface area contributed by atoms with Crippen molar-refractivity contribution < 1.29 is 14.4 Å². The standard InChI is InChI=1S/C32H44N4O3S/c1-3-35(26-10-8-9-23(2)19-26)31(38)22-36-27-15-18-40-30(27)21-28(36)29(37)20-24-11-13-25(14-12-24)32(39)34-17-7-5-4-6-16-33/h8-10,15,18-19,21,24-25H,3-7,11-14,16-17,20,22,33H2,1-2H3,(H,34,39). The quantitative estimate of drug-likeness (QED) is 0.183. The molecule has 1 aromatic carbocycles. The Bertz CT molecular complexity index is 1290. The highest BCUT2D eigenvalue weighted by atomic mass is 32.1. The Morgan fingerprint density at radius 1 is 1.05 bits per heavy atom. The Balaban J connectivity index is 1.34. The van der Waals surface area contributed by atoms with Crippen LogP contribution in [0.2, 0.25) is 0 Å². The molecule has 0 saturated heterocycles. The molecule has 3 N–H and O–H groups in total. The number of carbonyl (C=O) groups excluding carboxylic acids is 3. The summed E-state index contributed by atoms with van der Waals surface area (Å²) < 4.78 is 2.93. The van der Waals surface area contributed by atoms with Gasteiger partial charge in [0.1, 0.15) is 6.54 Å². The minimum absolute atomic E-state index is 0.0308. The van der Waals surface area contributed by atoms with E-state index in [-0.39, 0.29) is 36.0 Å². The van der Waals surface area contributed by atoms with Crippen molar-refractivity contribution in [3.05, 3.63) is 53.0 Å². The molecule has 1 aliphatic carbocycles. The van der Waals surface area contributed by atoms with Gasteiger partial charge in [-0.05, 0) is 100 Å². The summed E-state index contributed by atoms with van der Waals surface area (Å²) in [5.74, 6) is 0.524. The van der Waals surface area contributed by atoms with Gasteiger partial charge < -0.3 is 20.5 Å². The molecule has 0 unspecified atom stereocenters. The number of ketones is 1. The molecule has 4 rings (SSSR count). The topological polar surface area (TPSA) is 97.4 Å². The summed E-state index contributed by atoms with van der Waals surface area (Å²) in [4.78, 5) is 41.5. The van der Waals surface area contributed by atoms with Crippen molar-refractivity contribution in [2.24, 2.45) is 17.6 Å². The minimum Gasteiger partial charge on any atom is -0.356 e. The monoisotopic (exact) mass is 564 g/mol. The van der Waals surface area contributed by atoms with Gasteiger partial charge in [0.05, 0.1) is 15.9 Å². The average Bonchev–Trinajstić information content (AvgIpc) is 3.54. The molecule has 0 spiro atoms. The van der Waals surface area contributed by atoms with Crippen LogP contribution in [0.3, 0.4) is 0 Å². The number of aryl methyl sites for hydroxylation is 1. The lowest BCUT2D eigenvalue weighted by Gasteiger charge is -2.27. The maximum Gasteiger partial charge on any atom is 0.246 e. The third-order valence-corrected chi connectivity index (χ3v) is 9.01. The number of fused-ring (bicyclic) bond motifs is 1. The number of thiophene rings is 1.